The van der Waals surface area contributed by atoms with E-state index in [1.54, 1.807) is 24.4 Å². The second-order valence-corrected chi connectivity index (χ2v) is 6.30. The van der Waals surface area contributed by atoms with Crippen LogP contribution in [0.2, 0.25) is 0 Å². The molecule has 2 aromatic carbocycles. The molecular formula is C19H17FN2OS. The van der Waals surface area contributed by atoms with Crippen molar-refractivity contribution in [2.75, 3.05) is 0 Å². The zero-order valence-corrected chi connectivity index (χ0v) is 13.8. The van der Waals surface area contributed by atoms with E-state index in [1.165, 1.54) is 17.4 Å². The fourth-order valence-corrected chi connectivity index (χ4v) is 3.21. The van der Waals surface area contributed by atoms with Crippen LogP contribution in [0.4, 0.5) is 4.39 Å². The van der Waals surface area contributed by atoms with E-state index in [2.05, 4.69) is 10.3 Å². The smallest absolute Gasteiger partial charge is 0.221 e. The van der Waals surface area contributed by atoms with Crippen LogP contribution in [0, 0.1) is 5.82 Å². The lowest BCUT2D eigenvalue weighted by Crippen LogP contribution is -2.29. The van der Waals surface area contributed by atoms with Crippen molar-refractivity contribution in [1.29, 1.82) is 0 Å². The third-order valence-corrected chi connectivity index (χ3v) is 4.56. The molecule has 3 aromatic rings. The van der Waals surface area contributed by atoms with Crippen LogP contribution < -0.4 is 5.32 Å². The lowest BCUT2D eigenvalue weighted by molar-refractivity contribution is -0.121. The van der Waals surface area contributed by atoms with Gasteiger partial charge in [0, 0.05) is 18.0 Å². The van der Waals surface area contributed by atoms with Gasteiger partial charge in [0.25, 0.3) is 0 Å². The number of carbonyl (C=O) groups is 1. The summed E-state index contributed by atoms with van der Waals surface area (Å²) in [5.41, 5.74) is 1.53. The standard InChI is InChI=1S/C19H17FN2OS/c20-16-9-5-4-6-14(16)10-11-17(23)22-18(19-21-12-13-24-19)15-7-2-1-3-8-15/h1-9,12-13,18H,10-11H2,(H,22,23)/t18-/m1/s1. The Bertz CT molecular complexity index is 790. The van der Waals surface area contributed by atoms with Gasteiger partial charge < -0.3 is 5.32 Å². The van der Waals surface area contributed by atoms with Crippen LogP contribution in [-0.2, 0) is 11.2 Å². The summed E-state index contributed by atoms with van der Waals surface area (Å²) in [5.74, 6) is -0.396. The maximum absolute atomic E-state index is 13.7. The molecule has 3 nitrogen and oxygen atoms in total. The number of aryl methyl sites for hydroxylation is 1. The second kappa shape index (κ2) is 7.84. The van der Waals surface area contributed by atoms with Gasteiger partial charge in [-0.1, -0.05) is 48.5 Å². The first-order chi connectivity index (χ1) is 11.7. The topological polar surface area (TPSA) is 42.0 Å². The summed E-state index contributed by atoms with van der Waals surface area (Å²) >= 11 is 1.50. The summed E-state index contributed by atoms with van der Waals surface area (Å²) in [6.07, 6.45) is 2.33. The van der Waals surface area contributed by atoms with E-state index in [0.717, 1.165) is 10.6 Å². The molecule has 3 rings (SSSR count). The van der Waals surface area contributed by atoms with Crippen LogP contribution in [-0.4, -0.2) is 10.9 Å². The quantitative estimate of drug-likeness (QED) is 0.733. The minimum Gasteiger partial charge on any atom is -0.343 e. The number of hydrogen-bond donors (Lipinski definition) is 1. The van der Waals surface area contributed by atoms with Crippen LogP contribution in [0.1, 0.15) is 28.6 Å². The van der Waals surface area contributed by atoms with Crippen molar-refractivity contribution in [2.45, 2.75) is 18.9 Å². The first-order valence-electron chi connectivity index (χ1n) is 7.71. The summed E-state index contributed by atoms with van der Waals surface area (Å²) in [7, 11) is 0. The zero-order valence-electron chi connectivity index (χ0n) is 13.0. The molecule has 1 heterocycles. The monoisotopic (exact) mass is 340 g/mol. The first-order valence-corrected chi connectivity index (χ1v) is 8.59. The van der Waals surface area contributed by atoms with E-state index in [4.69, 9.17) is 0 Å². The van der Waals surface area contributed by atoms with Crippen molar-refractivity contribution >= 4 is 17.2 Å². The van der Waals surface area contributed by atoms with E-state index in [1.807, 2.05) is 35.7 Å². The molecule has 5 heteroatoms. The predicted molar refractivity (Wildman–Crippen MR) is 93.3 cm³/mol. The molecule has 0 unspecified atom stereocenters. The molecule has 1 amide bonds. The Morgan fingerprint density at radius 1 is 1.12 bits per heavy atom. The van der Waals surface area contributed by atoms with Crippen LogP contribution in [0.5, 0.6) is 0 Å². The summed E-state index contributed by atoms with van der Waals surface area (Å²) in [5, 5.41) is 5.73. The Hall–Kier alpha value is -2.53. The number of aromatic nitrogens is 1. The van der Waals surface area contributed by atoms with Gasteiger partial charge in [-0.2, -0.15) is 0 Å². The van der Waals surface area contributed by atoms with Gasteiger partial charge in [-0.05, 0) is 23.6 Å². The fourth-order valence-electron chi connectivity index (χ4n) is 2.49. The van der Waals surface area contributed by atoms with Gasteiger partial charge >= 0.3 is 0 Å². The Balaban J connectivity index is 1.69. The summed E-state index contributed by atoms with van der Waals surface area (Å²) in [4.78, 5) is 16.7. The number of hydrogen-bond acceptors (Lipinski definition) is 3. The van der Waals surface area contributed by atoms with Gasteiger partial charge in [-0.3, -0.25) is 4.79 Å². The average Bonchev–Trinajstić information content (AvgIpc) is 3.14. The van der Waals surface area contributed by atoms with Gasteiger partial charge in [0.15, 0.2) is 0 Å². The van der Waals surface area contributed by atoms with E-state index >= 15 is 0 Å². The molecule has 0 spiro atoms. The summed E-state index contributed by atoms with van der Waals surface area (Å²) in [6, 6.07) is 16.0. The van der Waals surface area contributed by atoms with Gasteiger partial charge in [0.05, 0.1) is 0 Å². The molecule has 0 aliphatic carbocycles. The molecule has 0 saturated heterocycles. The molecule has 24 heavy (non-hydrogen) atoms. The van der Waals surface area contributed by atoms with E-state index < -0.39 is 0 Å². The van der Waals surface area contributed by atoms with Crippen LogP contribution >= 0.6 is 11.3 Å². The van der Waals surface area contributed by atoms with Crippen LogP contribution in [0.3, 0.4) is 0 Å². The third-order valence-electron chi connectivity index (χ3n) is 3.72. The van der Waals surface area contributed by atoms with E-state index in [9.17, 15) is 9.18 Å². The zero-order chi connectivity index (χ0) is 16.8. The lowest BCUT2D eigenvalue weighted by Gasteiger charge is -2.17. The summed E-state index contributed by atoms with van der Waals surface area (Å²) in [6.45, 7) is 0. The average molecular weight is 340 g/mol. The Morgan fingerprint density at radius 3 is 2.58 bits per heavy atom. The second-order valence-electron chi connectivity index (χ2n) is 5.37. The Labute approximate surface area is 144 Å². The molecule has 1 N–H and O–H groups in total. The Morgan fingerprint density at radius 2 is 1.88 bits per heavy atom. The molecule has 0 fully saturated rings. The third kappa shape index (κ3) is 4.06. The highest BCUT2D eigenvalue weighted by molar-refractivity contribution is 7.09. The number of benzene rings is 2. The molecule has 0 aliphatic heterocycles. The number of carbonyl (C=O) groups excluding carboxylic acids is 1. The number of halogens is 1. The minimum absolute atomic E-state index is 0.123. The fraction of sp³-hybridized carbons (Fsp3) is 0.158. The van der Waals surface area contributed by atoms with Crippen molar-refractivity contribution in [2.24, 2.45) is 0 Å². The van der Waals surface area contributed by atoms with Gasteiger partial charge in [-0.15, -0.1) is 11.3 Å². The maximum atomic E-state index is 13.7. The van der Waals surface area contributed by atoms with Crippen LogP contribution in [0.15, 0.2) is 66.2 Å². The summed E-state index contributed by atoms with van der Waals surface area (Å²) < 4.78 is 13.7. The van der Waals surface area contributed by atoms with Gasteiger partial charge in [-0.25, -0.2) is 9.37 Å². The number of thiazole rings is 1. The van der Waals surface area contributed by atoms with E-state index in [0.29, 0.717) is 12.0 Å². The van der Waals surface area contributed by atoms with Crippen molar-refractivity contribution in [3.8, 4) is 0 Å². The maximum Gasteiger partial charge on any atom is 0.221 e. The van der Waals surface area contributed by atoms with Gasteiger partial charge in [0.1, 0.15) is 16.9 Å². The molecule has 0 radical (unpaired) electrons. The number of amides is 1. The molecule has 0 aliphatic rings. The minimum atomic E-state index is -0.278. The highest BCUT2D eigenvalue weighted by Crippen LogP contribution is 2.24. The molecule has 1 atom stereocenters. The lowest BCUT2D eigenvalue weighted by atomic mass is 10.1. The molecule has 122 valence electrons. The van der Waals surface area contributed by atoms with Crippen molar-refractivity contribution in [1.82, 2.24) is 10.3 Å². The SMILES string of the molecule is O=C(CCc1ccccc1F)N[C@H](c1ccccc1)c1nccs1. The normalized spacial score (nSPS) is 11.9. The molecule has 1 aromatic heterocycles. The van der Waals surface area contributed by atoms with Crippen molar-refractivity contribution in [3.05, 3.63) is 88.1 Å². The van der Waals surface area contributed by atoms with Crippen molar-refractivity contribution < 1.29 is 9.18 Å². The molecule has 0 bridgehead atoms. The predicted octanol–water partition coefficient (Wildman–Crippen LogP) is 4.12. The molecule has 0 saturated carbocycles. The highest BCUT2D eigenvalue weighted by Gasteiger charge is 2.19. The van der Waals surface area contributed by atoms with Gasteiger partial charge in [0.2, 0.25) is 5.91 Å². The number of rotatable bonds is 6. The molecular weight excluding hydrogens is 323 g/mol. The van der Waals surface area contributed by atoms with Crippen LogP contribution in [0.25, 0.3) is 0 Å². The number of nitrogens with zero attached hydrogens (tertiary/aromatic N) is 1. The first kappa shape index (κ1) is 16.3. The number of nitrogens with one attached hydrogen (secondary N) is 1. The largest absolute Gasteiger partial charge is 0.343 e. The Kier molecular flexibility index (Phi) is 5.33. The highest BCUT2D eigenvalue weighted by atomic mass is 32.1. The van der Waals surface area contributed by atoms with Crippen molar-refractivity contribution in [3.63, 3.8) is 0 Å². The van der Waals surface area contributed by atoms with E-state index in [-0.39, 0.29) is 24.2 Å².